The molecule has 1 amide bonds. The smallest absolute Gasteiger partial charge is 0.255 e. The molecule has 23 heavy (non-hydrogen) atoms. The number of amides is 1. The van der Waals surface area contributed by atoms with Crippen LogP contribution in [0.3, 0.4) is 0 Å². The maximum absolute atomic E-state index is 13.1. The van der Waals surface area contributed by atoms with E-state index in [1.54, 1.807) is 12.1 Å². The summed E-state index contributed by atoms with van der Waals surface area (Å²) in [5.74, 6) is -0.189. The minimum absolute atomic E-state index is 0. The highest BCUT2D eigenvalue weighted by molar-refractivity contribution is 5.96. The average molecular weight is 338 g/mol. The van der Waals surface area contributed by atoms with Crippen LogP contribution in [0.1, 0.15) is 21.7 Å². The molecule has 0 radical (unpaired) electrons. The zero-order valence-corrected chi connectivity index (χ0v) is 14.1. The van der Waals surface area contributed by atoms with Gasteiger partial charge in [-0.3, -0.25) is 4.79 Å². The number of benzene rings is 1. The highest BCUT2D eigenvalue weighted by atomic mass is 35.5. The Hall–Kier alpha value is -1.85. The Kier molecular flexibility index (Phi) is 5.44. The van der Waals surface area contributed by atoms with E-state index in [1.165, 1.54) is 12.1 Å². The van der Waals surface area contributed by atoms with Gasteiger partial charge < -0.3 is 14.8 Å². The van der Waals surface area contributed by atoms with E-state index in [9.17, 15) is 9.18 Å². The fourth-order valence-corrected chi connectivity index (χ4v) is 3.01. The van der Waals surface area contributed by atoms with Crippen molar-refractivity contribution < 1.29 is 9.18 Å². The second kappa shape index (κ2) is 7.15. The molecule has 0 aliphatic carbocycles. The minimum atomic E-state index is -0.261. The minimum Gasteiger partial charge on any atom is -0.336 e. The summed E-state index contributed by atoms with van der Waals surface area (Å²) in [7, 11) is 0. The van der Waals surface area contributed by atoms with Crippen molar-refractivity contribution in [3.8, 4) is 5.69 Å². The second-order valence-corrected chi connectivity index (χ2v) is 5.64. The highest BCUT2D eigenvalue weighted by Gasteiger charge is 2.22. The van der Waals surface area contributed by atoms with Crippen LogP contribution in [0, 0.1) is 19.7 Å². The van der Waals surface area contributed by atoms with Crippen molar-refractivity contribution in [1.29, 1.82) is 0 Å². The van der Waals surface area contributed by atoms with E-state index in [0.29, 0.717) is 0 Å². The number of piperazine rings is 1. The lowest BCUT2D eigenvalue weighted by Crippen LogP contribution is -2.46. The quantitative estimate of drug-likeness (QED) is 0.915. The van der Waals surface area contributed by atoms with Gasteiger partial charge in [-0.25, -0.2) is 4.39 Å². The van der Waals surface area contributed by atoms with Crippen molar-refractivity contribution in [3.05, 3.63) is 53.1 Å². The van der Waals surface area contributed by atoms with Crippen molar-refractivity contribution in [2.45, 2.75) is 13.8 Å². The van der Waals surface area contributed by atoms with Crippen molar-refractivity contribution in [2.75, 3.05) is 26.2 Å². The van der Waals surface area contributed by atoms with Crippen molar-refractivity contribution in [1.82, 2.24) is 14.8 Å². The van der Waals surface area contributed by atoms with Gasteiger partial charge in [0.25, 0.3) is 5.91 Å². The number of carbonyl (C=O) groups is 1. The fraction of sp³-hybridized carbons (Fsp3) is 0.353. The zero-order valence-electron chi connectivity index (χ0n) is 13.3. The van der Waals surface area contributed by atoms with Crippen LogP contribution in [0.15, 0.2) is 30.3 Å². The Morgan fingerprint density at radius 2 is 1.74 bits per heavy atom. The van der Waals surface area contributed by atoms with Gasteiger partial charge in [0, 0.05) is 43.3 Å². The Labute approximate surface area is 141 Å². The molecule has 2 aromatic rings. The van der Waals surface area contributed by atoms with E-state index in [2.05, 4.69) is 5.32 Å². The summed E-state index contributed by atoms with van der Waals surface area (Å²) in [6.45, 7) is 7.04. The maximum atomic E-state index is 13.1. The molecule has 0 unspecified atom stereocenters. The normalized spacial score (nSPS) is 14.5. The van der Waals surface area contributed by atoms with Gasteiger partial charge in [0.2, 0.25) is 0 Å². The van der Waals surface area contributed by atoms with Crippen LogP contribution in [0.5, 0.6) is 0 Å². The van der Waals surface area contributed by atoms with E-state index < -0.39 is 0 Å². The molecule has 6 heteroatoms. The number of rotatable bonds is 2. The molecule has 1 saturated heterocycles. The third-order valence-corrected chi connectivity index (χ3v) is 4.15. The SMILES string of the molecule is Cc1cc(C(=O)N2CCNCC2)c(C)n1-c1ccc(F)cc1.Cl. The van der Waals surface area contributed by atoms with Gasteiger partial charge in [0.15, 0.2) is 0 Å². The average Bonchev–Trinajstić information content (AvgIpc) is 2.83. The van der Waals surface area contributed by atoms with Crippen molar-refractivity contribution in [2.24, 2.45) is 0 Å². The van der Waals surface area contributed by atoms with Gasteiger partial charge >= 0.3 is 0 Å². The number of hydrogen-bond donors (Lipinski definition) is 1. The number of nitrogens with one attached hydrogen (secondary N) is 1. The van der Waals surface area contributed by atoms with Gasteiger partial charge in [-0.05, 0) is 44.2 Å². The monoisotopic (exact) mass is 337 g/mol. The van der Waals surface area contributed by atoms with Crippen LogP contribution in [0.4, 0.5) is 4.39 Å². The van der Waals surface area contributed by atoms with Gasteiger partial charge in [-0.1, -0.05) is 0 Å². The first-order valence-corrected chi connectivity index (χ1v) is 7.53. The molecule has 3 rings (SSSR count). The molecule has 1 N–H and O–H groups in total. The lowest BCUT2D eigenvalue weighted by molar-refractivity contribution is 0.0735. The van der Waals surface area contributed by atoms with Gasteiger partial charge in [0.05, 0.1) is 5.56 Å². The fourth-order valence-electron chi connectivity index (χ4n) is 3.01. The summed E-state index contributed by atoms with van der Waals surface area (Å²) in [5.41, 5.74) is 3.47. The van der Waals surface area contributed by atoms with Gasteiger partial charge in [0.1, 0.15) is 5.82 Å². The Morgan fingerprint density at radius 1 is 1.13 bits per heavy atom. The predicted octanol–water partition coefficient (Wildman–Crippen LogP) is 2.70. The van der Waals surface area contributed by atoms with Crippen LogP contribution in [0.25, 0.3) is 5.69 Å². The molecule has 1 aliphatic rings. The number of aromatic nitrogens is 1. The van der Waals surface area contributed by atoms with Crippen LogP contribution in [-0.4, -0.2) is 41.6 Å². The Morgan fingerprint density at radius 3 is 2.35 bits per heavy atom. The summed E-state index contributed by atoms with van der Waals surface area (Å²) in [4.78, 5) is 14.6. The summed E-state index contributed by atoms with van der Waals surface area (Å²) in [5, 5.41) is 3.25. The van der Waals surface area contributed by atoms with Crippen LogP contribution in [0.2, 0.25) is 0 Å². The number of carbonyl (C=O) groups excluding carboxylic acids is 1. The molecule has 1 aliphatic heterocycles. The van der Waals surface area contributed by atoms with Crippen molar-refractivity contribution in [3.63, 3.8) is 0 Å². The van der Waals surface area contributed by atoms with E-state index in [0.717, 1.165) is 48.8 Å². The van der Waals surface area contributed by atoms with Gasteiger partial charge in [-0.15, -0.1) is 12.4 Å². The number of hydrogen-bond acceptors (Lipinski definition) is 2. The number of halogens is 2. The topological polar surface area (TPSA) is 37.3 Å². The second-order valence-electron chi connectivity index (χ2n) is 5.64. The number of aryl methyl sites for hydroxylation is 1. The molecule has 4 nitrogen and oxygen atoms in total. The van der Waals surface area contributed by atoms with Crippen LogP contribution >= 0.6 is 12.4 Å². The summed E-state index contributed by atoms with van der Waals surface area (Å²) < 4.78 is 15.1. The Balaban J connectivity index is 0.00000192. The van der Waals surface area contributed by atoms with E-state index in [4.69, 9.17) is 0 Å². The first-order valence-electron chi connectivity index (χ1n) is 7.53. The molecular formula is C17H21ClFN3O. The third kappa shape index (κ3) is 3.41. The molecule has 1 aromatic heterocycles. The third-order valence-electron chi connectivity index (χ3n) is 4.15. The molecular weight excluding hydrogens is 317 g/mol. The molecule has 124 valence electrons. The molecule has 0 atom stereocenters. The summed E-state index contributed by atoms with van der Waals surface area (Å²) in [6.07, 6.45) is 0. The van der Waals surface area contributed by atoms with E-state index in [1.807, 2.05) is 29.4 Å². The molecule has 0 bridgehead atoms. The zero-order chi connectivity index (χ0) is 15.7. The standard InChI is InChI=1S/C17H20FN3O.ClH/c1-12-11-16(17(22)20-9-7-19-8-10-20)13(2)21(12)15-5-3-14(18)4-6-15;/h3-6,11,19H,7-10H2,1-2H3;1H. The van der Waals surface area contributed by atoms with E-state index in [-0.39, 0.29) is 24.1 Å². The first kappa shape index (κ1) is 17.5. The van der Waals surface area contributed by atoms with Gasteiger partial charge in [-0.2, -0.15) is 0 Å². The molecule has 1 aromatic carbocycles. The molecule has 0 spiro atoms. The van der Waals surface area contributed by atoms with E-state index >= 15 is 0 Å². The Bertz CT molecular complexity index is 691. The molecule has 2 heterocycles. The lowest BCUT2D eigenvalue weighted by Gasteiger charge is -2.27. The first-order chi connectivity index (χ1) is 10.6. The van der Waals surface area contributed by atoms with Crippen LogP contribution < -0.4 is 5.32 Å². The molecule has 1 fully saturated rings. The molecule has 0 saturated carbocycles. The number of nitrogens with zero attached hydrogens (tertiary/aromatic N) is 2. The highest BCUT2D eigenvalue weighted by Crippen LogP contribution is 2.22. The predicted molar refractivity (Wildman–Crippen MR) is 91.2 cm³/mol. The van der Waals surface area contributed by atoms with Crippen LogP contribution in [-0.2, 0) is 0 Å². The lowest BCUT2D eigenvalue weighted by atomic mass is 10.2. The summed E-state index contributed by atoms with van der Waals surface area (Å²) in [6, 6.07) is 8.25. The maximum Gasteiger partial charge on any atom is 0.255 e. The largest absolute Gasteiger partial charge is 0.336 e. The van der Waals surface area contributed by atoms with Crippen molar-refractivity contribution >= 4 is 18.3 Å². The summed E-state index contributed by atoms with van der Waals surface area (Å²) >= 11 is 0.